The summed E-state index contributed by atoms with van der Waals surface area (Å²) < 4.78 is 59.5. The fourth-order valence-corrected chi connectivity index (χ4v) is 3.98. The number of carbonyl (C=O) groups excluding carboxylic acids is 1. The van der Waals surface area contributed by atoms with Crippen molar-refractivity contribution in [3.05, 3.63) is 83.6 Å². The molecule has 3 rings (SSSR count). The van der Waals surface area contributed by atoms with Crippen LogP contribution in [0.25, 0.3) is 5.70 Å². The third kappa shape index (κ3) is 5.83. The minimum atomic E-state index is -3.34. The molecule has 2 aromatic carbocycles. The summed E-state index contributed by atoms with van der Waals surface area (Å²) in [5.41, 5.74) is 2.03. The number of benzene rings is 2. The number of imidazole rings is 1. The van der Waals surface area contributed by atoms with Crippen LogP contribution in [0.1, 0.15) is 23.7 Å². The summed E-state index contributed by atoms with van der Waals surface area (Å²) in [5, 5.41) is 0. The van der Waals surface area contributed by atoms with E-state index in [2.05, 4.69) is 4.98 Å². The summed E-state index contributed by atoms with van der Waals surface area (Å²) in [5.74, 6) is -1.91. The van der Waals surface area contributed by atoms with Gasteiger partial charge in [-0.25, -0.2) is 22.2 Å². The Morgan fingerprint density at radius 3 is 2.52 bits per heavy atom. The summed E-state index contributed by atoms with van der Waals surface area (Å²) in [4.78, 5) is 16.7. The van der Waals surface area contributed by atoms with Crippen molar-refractivity contribution in [1.29, 1.82) is 0 Å². The average Bonchev–Trinajstić information content (AvgIpc) is 3.20. The maximum absolute atomic E-state index is 14.3. The standard InChI is InChI=1S/C23H23F2N3O4S/c1-4-33(30,31)13-17-5-7-22(32-23-8-6-18(24)10-20(23)25)19(9-17)21(12-27(3)15-29)28-14-26-11-16(28)2/h5-12,14-15H,4,13H2,1-3H3/b21-12-. The maximum atomic E-state index is 14.3. The van der Waals surface area contributed by atoms with Crippen LogP contribution in [0.4, 0.5) is 8.78 Å². The van der Waals surface area contributed by atoms with Crippen LogP contribution >= 0.6 is 0 Å². The first-order chi connectivity index (χ1) is 15.6. The highest BCUT2D eigenvalue weighted by Crippen LogP contribution is 2.34. The summed E-state index contributed by atoms with van der Waals surface area (Å²) in [6.45, 7) is 3.36. The van der Waals surface area contributed by atoms with E-state index in [-0.39, 0.29) is 23.0 Å². The van der Waals surface area contributed by atoms with Gasteiger partial charge in [-0.3, -0.25) is 4.79 Å². The molecule has 0 aliphatic carbocycles. The van der Waals surface area contributed by atoms with Gasteiger partial charge in [-0.2, -0.15) is 0 Å². The zero-order valence-corrected chi connectivity index (χ0v) is 19.1. The quantitative estimate of drug-likeness (QED) is 0.435. The van der Waals surface area contributed by atoms with Gasteiger partial charge in [-0.15, -0.1) is 0 Å². The number of halogens is 2. The molecule has 33 heavy (non-hydrogen) atoms. The molecule has 0 fully saturated rings. The lowest BCUT2D eigenvalue weighted by Crippen LogP contribution is -2.12. The molecule has 0 saturated heterocycles. The highest BCUT2D eigenvalue weighted by Gasteiger charge is 2.19. The van der Waals surface area contributed by atoms with Gasteiger partial charge in [0.05, 0.1) is 17.8 Å². The van der Waals surface area contributed by atoms with Crippen LogP contribution < -0.4 is 4.74 Å². The molecule has 1 amide bonds. The SMILES string of the molecule is CCS(=O)(=O)Cc1ccc(Oc2ccc(F)cc2F)c(/C(=C/N(C)C=O)n2cncc2C)c1. The van der Waals surface area contributed by atoms with Gasteiger partial charge in [0, 0.05) is 42.5 Å². The van der Waals surface area contributed by atoms with E-state index in [1.165, 1.54) is 30.5 Å². The normalized spacial score (nSPS) is 12.0. The van der Waals surface area contributed by atoms with Crippen LogP contribution in [-0.4, -0.2) is 42.1 Å². The van der Waals surface area contributed by atoms with Crippen molar-refractivity contribution < 1.29 is 26.7 Å². The Morgan fingerprint density at radius 2 is 1.91 bits per heavy atom. The van der Waals surface area contributed by atoms with Gasteiger partial charge in [0.15, 0.2) is 21.4 Å². The molecule has 0 aliphatic heterocycles. The fourth-order valence-electron chi connectivity index (χ4n) is 3.09. The van der Waals surface area contributed by atoms with Crippen molar-refractivity contribution >= 4 is 21.9 Å². The second-order valence-corrected chi connectivity index (χ2v) is 9.73. The minimum absolute atomic E-state index is 0.0292. The summed E-state index contributed by atoms with van der Waals surface area (Å²) in [6.07, 6.45) is 5.25. The van der Waals surface area contributed by atoms with Crippen molar-refractivity contribution in [2.24, 2.45) is 0 Å². The first-order valence-corrected chi connectivity index (χ1v) is 11.8. The molecule has 10 heteroatoms. The molecule has 1 aromatic heterocycles. The van der Waals surface area contributed by atoms with E-state index in [0.717, 1.165) is 17.8 Å². The largest absolute Gasteiger partial charge is 0.454 e. The highest BCUT2D eigenvalue weighted by atomic mass is 32.2. The van der Waals surface area contributed by atoms with E-state index in [9.17, 15) is 22.0 Å². The molecule has 0 atom stereocenters. The van der Waals surface area contributed by atoms with Gasteiger partial charge in [0.2, 0.25) is 6.41 Å². The molecule has 174 valence electrons. The predicted octanol–water partition coefficient (Wildman–Crippen LogP) is 4.13. The van der Waals surface area contributed by atoms with Crippen molar-refractivity contribution in [3.63, 3.8) is 0 Å². The Bertz CT molecular complexity index is 1300. The van der Waals surface area contributed by atoms with Crippen LogP contribution in [-0.2, 0) is 20.4 Å². The zero-order chi connectivity index (χ0) is 24.2. The molecule has 1 heterocycles. The molecule has 0 spiro atoms. The Kier molecular flexibility index (Phi) is 7.27. The van der Waals surface area contributed by atoms with Gasteiger partial charge in [0.25, 0.3) is 0 Å². The number of nitrogens with zero attached hydrogens (tertiary/aromatic N) is 3. The molecule has 0 aliphatic rings. The zero-order valence-electron chi connectivity index (χ0n) is 18.3. The Balaban J connectivity index is 2.21. The lowest BCUT2D eigenvalue weighted by molar-refractivity contribution is -0.114. The smallest absolute Gasteiger partial charge is 0.213 e. The third-order valence-corrected chi connectivity index (χ3v) is 6.49. The first kappa shape index (κ1) is 24.1. The van der Waals surface area contributed by atoms with Gasteiger partial charge in [-0.1, -0.05) is 13.0 Å². The van der Waals surface area contributed by atoms with Crippen molar-refractivity contribution in [1.82, 2.24) is 14.5 Å². The summed E-state index contributed by atoms with van der Waals surface area (Å²) in [6, 6.07) is 7.61. The highest BCUT2D eigenvalue weighted by molar-refractivity contribution is 7.90. The van der Waals surface area contributed by atoms with Gasteiger partial charge >= 0.3 is 0 Å². The second-order valence-electron chi connectivity index (χ2n) is 7.37. The lowest BCUT2D eigenvalue weighted by atomic mass is 10.1. The number of aromatic nitrogens is 2. The van der Waals surface area contributed by atoms with E-state index >= 15 is 0 Å². The van der Waals surface area contributed by atoms with E-state index < -0.39 is 21.5 Å². The van der Waals surface area contributed by atoms with Crippen LogP contribution in [0.5, 0.6) is 11.5 Å². The second kappa shape index (κ2) is 9.95. The van der Waals surface area contributed by atoms with Gasteiger partial charge in [-0.05, 0) is 36.8 Å². The number of hydrogen-bond acceptors (Lipinski definition) is 5. The van der Waals surface area contributed by atoms with Crippen molar-refractivity contribution in [2.45, 2.75) is 19.6 Å². The number of sulfone groups is 1. The van der Waals surface area contributed by atoms with Crippen molar-refractivity contribution in [3.8, 4) is 11.5 Å². The van der Waals surface area contributed by atoms with E-state index in [1.807, 2.05) is 0 Å². The van der Waals surface area contributed by atoms with Crippen molar-refractivity contribution in [2.75, 3.05) is 12.8 Å². The average molecular weight is 476 g/mol. The van der Waals surface area contributed by atoms with E-state index in [0.29, 0.717) is 29.3 Å². The Hall–Kier alpha value is -3.53. The van der Waals surface area contributed by atoms with Crippen LogP contribution in [0.3, 0.4) is 0 Å². The third-order valence-electron chi connectivity index (χ3n) is 4.84. The molecule has 3 aromatic rings. The fraction of sp³-hybridized carbons (Fsp3) is 0.217. The monoisotopic (exact) mass is 475 g/mol. The van der Waals surface area contributed by atoms with Gasteiger partial charge < -0.3 is 14.2 Å². The van der Waals surface area contributed by atoms with Gasteiger partial charge in [0.1, 0.15) is 11.6 Å². The molecule has 0 N–H and O–H groups in total. The molecule has 0 radical (unpaired) electrons. The minimum Gasteiger partial charge on any atom is -0.454 e. The predicted molar refractivity (Wildman–Crippen MR) is 120 cm³/mol. The Labute approximate surface area is 190 Å². The number of carbonyl (C=O) groups is 1. The number of aryl methyl sites for hydroxylation is 1. The maximum Gasteiger partial charge on any atom is 0.213 e. The van der Waals surface area contributed by atoms with Crippen LogP contribution in [0, 0.1) is 18.6 Å². The topological polar surface area (TPSA) is 81.5 Å². The Morgan fingerprint density at radius 1 is 1.18 bits per heavy atom. The number of rotatable bonds is 9. The molecular formula is C23H23F2N3O4S. The lowest BCUT2D eigenvalue weighted by Gasteiger charge is -2.19. The molecular weight excluding hydrogens is 452 g/mol. The molecule has 0 unspecified atom stereocenters. The van der Waals surface area contributed by atoms with Crippen LogP contribution in [0.2, 0.25) is 0 Å². The molecule has 0 saturated carbocycles. The first-order valence-electron chi connectivity index (χ1n) is 9.98. The van der Waals surface area contributed by atoms with Crippen LogP contribution in [0.15, 0.2) is 55.1 Å². The molecule has 0 bridgehead atoms. The number of amides is 1. The number of hydrogen-bond donors (Lipinski definition) is 0. The van der Waals surface area contributed by atoms with E-state index in [4.69, 9.17) is 4.74 Å². The molecule has 7 nitrogen and oxygen atoms in total. The number of ether oxygens (including phenoxy) is 1. The summed E-state index contributed by atoms with van der Waals surface area (Å²) >= 11 is 0. The van der Waals surface area contributed by atoms with E-state index in [1.54, 1.807) is 36.7 Å². The summed E-state index contributed by atoms with van der Waals surface area (Å²) in [7, 11) is -1.80.